The van der Waals surface area contributed by atoms with Crippen LogP contribution in [0.3, 0.4) is 0 Å². The van der Waals surface area contributed by atoms with Crippen LogP contribution in [0.4, 0.5) is 47.3 Å². The maximum Gasteiger partial charge on any atom is 0.522 e. The van der Waals surface area contributed by atoms with Crippen LogP contribution < -0.4 is 10.6 Å². The number of carbonyl (C=O) groups excluding carboxylic acids is 1. The van der Waals surface area contributed by atoms with Crippen molar-refractivity contribution in [2.75, 3.05) is 5.32 Å². The van der Waals surface area contributed by atoms with Crippen LogP contribution in [-0.4, -0.2) is 54.8 Å². The maximum atomic E-state index is 15.1. The highest BCUT2D eigenvalue weighted by Crippen LogP contribution is 2.40. The largest absolute Gasteiger partial charge is 0.522 e. The maximum absolute atomic E-state index is 15.1. The lowest BCUT2D eigenvalue weighted by molar-refractivity contribution is -0.330. The van der Waals surface area contributed by atoms with E-state index in [-0.39, 0.29) is 23.7 Å². The average Bonchev–Trinajstić information content (AvgIpc) is 3.19. The lowest BCUT2D eigenvalue weighted by Crippen LogP contribution is -2.38. The molecule has 10 nitrogen and oxygen atoms in total. The Morgan fingerprint density at radius 3 is 2.64 bits per heavy atom. The first-order valence-electron chi connectivity index (χ1n) is 11.8. The molecule has 0 saturated heterocycles. The number of anilines is 2. The molecule has 0 bridgehead atoms. The van der Waals surface area contributed by atoms with Crippen molar-refractivity contribution in [2.45, 2.75) is 75.5 Å². The number of H-pyrrole nitrogens is 1. The Balaban J connectivity index is 1.31. The van der Waals surface area contributed by atoms with Crippen molar-refractivity contribution in [3.8, 4) is 0 Å². The molecule has 5 rings (SSSR count). The number of aromatic nitrogens is 5. The summed E-state index contributed by atoms with van der Waals surface area (Å²) in [5, 5.41) is 12.0. The van der Waals surface area contributed by atoms with Crippen molar-refractivity contribution in [3.63, 3.8) is 0 Å². The van der Waals surface area contributed by atoms with E-state index in [1.165, 1.54) is 6.07 Å². The number of imidazole rings is 1. The zero-order valence-electron chi connectivity index (χ0n) is 20.2. The minimum absolute atomic E-state index is 0.0521. The zero-order chi connectivity index (χ0) is 28.2. The summed E-state index contributed by atoms with van der Waals surface area (Å²) in [6.07, 6.45) is -9.42. The summed E-state index contributed by atoms with van der Waals surface area (Å²) >= 11 is 0. The van der Waals surface area contributed by atoms with Gasteiger partial charge in [-0.3, -0.25) is 14.2 Å². The van der Waals surface area contributed by atoms with Crippen LogP contribution in [-0.2, 0) is 22.3 Å². The number of rotatable bonds is 7. The van der Waals surface area contributed by atoms with Crippen LogP contribution in [0.2, 0.25) is 0 Å². The molecule has 3 aromatic rings. The van der Waals surface area contributed by atoms with E-state index < -0.39 is 60.3 Å². The Hall–Kier alpha value is -3.63. The summed E-state index contributed by atoms with van der Waals surface area (Å²) in [5.74, 6) is -0.880. The summed E-state index contributed by atoms with van der Waals surface area (Å²) < 4.78 is 102. The molecule has 3 heterocycles. The minimum atomic E-state index is -5.01. The predicted octanol–water partition coefficient (Wildman–Crippen LogP) is 5.11. The monoisotopic (exact) mass is 565 g/mol. The lowest BCUT2D eigenvalue weighted by Gasteiger charge is -2.19. The molecular weight excluding hydrogens is 543 g/mol. The van der Waals surface area contributed by atoms with Gasteiger partial charge >= 0.3 is 18.6 Å². The van der Waals surface area contributed by atoms with Gasteiger partial charge in [-0.1, -0.05) is 0 Å². The Morgan fingerprint density at radius 1 is 1.23 bits per heavy atom. The highest BCUT2D eigenvalue weighted by molar-refractivity contribution is 5.69. The van der Waals surface area contributed by atoms with Crippen molar-refractivity contribution in [1.29, 1.82) is 0 Å². The number of nitrogens with one attached hydrogen (secondary N) is 3. The van der Waals surface area contributed by atoms with E-state index >= 15 is 4.39 Å². The highest BCUT2D eigenvalue weighted by Gasteiger charge is 2.43. The molecule has 2 saturated carbocycles. The van der Waals surface area contributed by atoms with Crippen molar-refractivity contribution in [1.82, 2.24) is 29.9 Å². The van der Waals surface area contributed by atoms with Crippen LogP contribution in [0.5, 0.6) is 0 Å². The summed E-state index contributed by atoms with van der Waals surface area (Å²) in [5.41, 5.74) is -2.36. The van der Waals surface area contributed by atoms with Crippen LogP contribution in [0.15, 0.2) is 18.5 Å². The Kier molecular flexibility index (Phi) is 6.59. The molecule has 0 radical (unpaired) electrons. The molecule has 0 aromatic carbocycles. The molecule has 3 N–H and O–H groups in total. The standard InChI is InChI=1S/C22H22F7N7O3/c1-20(4-5-20)33-19(37)39-14-3-2-11(16(14)23)13-6-15(35-34-13)32-18-30-7-12(21(24,25)26)17-31-10(8-36(17)18)9-38-22(27,28)29/h6-8,11,14,16H,2-5,9H2,1H3,(H,33,37)(H2,30,32,34,35)/t11-,14-,16-/m0/s1. The second kappa shape index (κ2) is 9.53. The van der Waals surface area contributed by atoms with E-state index in [9.17, 15) is 31.1 Å². The first-order valence-corrected chi connectivity index (χ1v) is 11.8. The SMILES string of the molecule is CC1(NC(=O)O[C@H]2CC[C@@H](c3cc(Nc4ncc(C(F)(F)F)c5nc(COC(F)(F)F)cn45)n[nH]3)[C@@H]2F)CC1. The summed E-state index contributed by atoms with van der Waals surface area (Å²) in [6, 6.07) is 1.42. The highest BCUT2D eigenvalue weighted by atomic mass is 19.4. The van der Waals surface area contributed by atoms with Crippen LogP contribution in [0, 0.1) is 0 Å². The van der Waals surface area contributed by atoms with Gasteiger partial charge in [0.25, 0.3) is 0 Å². The minimum Gasteiger partial charge on any atom is -0.443 e. The molecular formula is C22H22F7N7O3. The number of fused-ring (bicyclic) bond motifs is 1. The molecule has 0 aliphatic heterocycles. The summed E-state index contributed by atoms with van der Waals surface area (Å²) in [6.45, 7) is 0.743. The number of alkyl halides is 7. The number of hydrogen-bond acceptors (Lipinski definition) is 7. The molecule has 0 unspecified atom stereocenters. The molecule has 17 heteroatoms. The second-order valence-electron chi connectivity index (χ2n) is 9.74. The first kappa shape index (κ1) is 27.0. The number of carbonyl (C=O) groups is 1. The van der Waals surface area contributed by atoms with Crippen LogP contribution >= 0.6 is 0 Å². The topological polar surface area (TPSA) is 118 Å². The second-order valence-corrected chi connectivity index (χ2v) is 9.74. The van der Waals surface area contributed by atoms with Crippen molar-refractivity contribution < 1.29 is 45.0 Å². The molecule has 0 spiro atoms. The number of halogens is 7. The Morgan fingerprint density at radius 2 is 1.97 bits per heavy atom. The normalized spacial score (nSPS) is 22.7. The molecule has 1 amide bonds. The number of amides is 1. The lowest BCUT2D eigenvalue weighted by atomic mass is 10.0. The number of aromatic amines is 1. The van der Waals surface area contributed by atoms with Gasteiger partial charge in [-0.15, -0.1) is 13.2 Å². The fourth-order valence-electron chi connectivity index (χ4n) is 4.35. The third-order valence-electron chi connectivity index (χ3n) is 6.63. The van der Waals surface area contributed by atoms with Gasteiger partial charge in [-0.25, -0.2) is 19.2 Å². The number of nitrogens with zero attached hydrogens (tertiary/aromatic N) is 4. The molecule has 2 aliphatic carbocycles. The smallest absolute Gasteiger partial charge is 0.443 e. The zero-order valence-corrected chi connectivity index (χ0v) is 20.2. The van der Waals surface area contributed by atoms with Gasteiger partial charge < -0.3 is 15.4 Å². The van der Waals surface area contributed by atoms with Crippen LogP contribution in [0.1, 0.15) is 55.5 Å². The quantitative estimate of drug-likeness (QED) is 0.341. The van der Waals surface area contributed by atoms with Gasteiger partial charge in [0.15, 0.2) is 11.5 Å². The Labute approximate surface area is 215 Å². The summed E-state index contributed by atoms with van der Waals surface area (Å²) in [7, 11) is 0. The molecule has 3 atom stereocenters. The molecule has 212 valence electrons. The number of hydrogen-bond donors (Lipinski definition) is 3. The van der Waals surface area contributed by atoms with Gasteiger partial charge in [0.2, 0.25) is 5.95 Å². The molecule has 2 fully saturated rings. The van der Waals surface area contributed by atoms with E-state index in [0.717, 1.165) is 23.4 Å². The molecule has 3 aromatic heterocycles. The molecule has 39 heavy (non-hydrogen) atoms. The van der Waals surface area contributed by atoms with Gasteiger partial charge in [-0.2, -0.15) is 18.3 Å². The van der Waals surface area contributed by atoms with Crippen molar-refractivity contribution in [3.05, 3.63) is 35.4 Å². The number of alkyl carbamates (subject to hydrolysis) is 1. The van der Waals surface area contributed by atoms with E-state index in [1.54, 1.807) is 0 Å². The summed E-state index contributed by atoms with van der Waals surface area (Å²) in [4.78, 5) is 19.4. The van der Waals surface area contributed by atoms with E-state index in [0.29, 0.717) is 18.3 Å². The average molecular weight is 565 g/mol. The van der Waals surface area contributed by atoms with Gasteiger partial charge in [0.05, 0.1) is 12.3 Å². The fourth-order valence-corrected chi connectivity index (χ4v) is 4.35. The fraction of sp³-hybridized carbons (Fsp3) is 0.545. The third kappa shape index (κ3) is 6.02. The van der Waals surface area contributed by atoms with E-state index in [1.807, 2.05) is 6.92 Å². The van der Waals surface area contributed by atoms with Crippen molar-refractivity contribution in [2.24, 2.45) is 0 Å². The van der Waals surface area contributed by atoms with E-state index in [4.69, 9.17) is 4.74 Å². The van der Waals surface area contributed by atoms with Gasteiger partial charge in [0.1, 0.15) is 17.8 Å². The third-order valence-corrected chi connectivity index (χ3v) is 6.63. The van der Waals surface area contributed by atoms with Crippen molar-refractivity contribution >= 4 is 23.5 Å². The first-order chi connectivity index (χ1) is 18.2. The molecule has 2 aliphatic rings. The Bertz CT molecular complexity index is 1370. The van der Waals surface area contributed by atoms with E-state index in [2.05, 4.69) is 35.5 Å². The number of ether oxygens (including phenoxy) is 2. The van der Waals surface area contributed by atoms with Gasteiger partial charge in [-0.05, 0) is 32.6 Å². The van der Waals surface area contributed by atoms with Gasteiger partial charge in [0, 0.05) is 35.6 Å². The van der Waals surface area contributed by atoms with Crippen LogP contribution in [0.25, 0.3) is 5.65 Å². The predicted molar refractivity (Wildman–Crippen MR) is 119 cm³/mol.